The molecule has 3 N–H and O–H groups in total. The van der Waals surface area contributed by atoms with Crippen molar-refractivity contribution in [2.75, 3.05) is 5.73 Å². The van der Waals surface area contributed by atoms with Gasteiger partial charge < -0.3 is 5.73 Å². The molecule has 0 heterocycles. The molecular formula is C14H10ClN2O2. The summed E-state index contributed by atoms with van der Waals surface area (Å²) in [6, 6.07) is 13.6. The van der Waals surface area contributed by atoms with E-state index < -0.39 is 11.8 Å². The molecule has 2 aromatic rings. The quantitative estimate of drug-likeness (QED) is 0.651. The lowest BCUT2D eigenvalue weighted by molar-refractivity contribution is 0.0849. The number of nitrogens with two attached hydrogens (primary N) is 1. The minimum absolute atomic E-state index is 0.241. The lowest BCUT2D eigenvalue weighted by Gasteiger charge is -2.06. The zero-order chi connectivity index (χ0) is 13.8. The number of carbonyl (C=O) groups is 2. The first-order valence-corrected chi connectivity index (χ1v) is 5.82. The van der Waals surface area contributed by atoms with Crippen LogP contribution in [0.5, 0.6) is 0 Å². The molecule has 2 rings (SSSR count). The number of carbonyl (C=O) groups excluding carboxylic acids is 2. The van der Waals surface area contributed by atoms with E-state index >= 15 is 0 Å². The number of anilines is 1. The summed E-state index contributed by atoms with van der Waals surface area (Å²) < 4.78 is 0. The summed E-state index contributed by atoms with van der Waals surface area (Å²) in [4.78, 5) is 23.7. The van der Waals surface area contributed by atoms with E-state index in [-0.39, 0.29) is 16.1 Å². The maximum Gasteiger partial charge on any atom is 0.259 e. The predicted octanol–water partition coefficient (Wildman–Crippen LogP) is 2.29. The molecule has 0 atom stereocenters. The normalized spacial score (nSPS) is 9.95. The van der Waals surface area contributed by atoms with Crippen molar-refractivity contribution >= 4 is 29.1 Å². The van der Waals surface area contributed by atoms with E-state index in [1.807, 2.05) is 0 Å². The fourth-order valence-corrected chi connectivity index (χ4v) is 1.73. The van der Waals surface area contributed by atoms with Crippen LogP contribution < -0.4 is 11.1 Å². The number of amides is 2. The van der Waals surface area contributed by atoms with Crippen molar-refractivity contribution in [1.82, 2.24) is 5.32 Å². The number of imide groups is 1. The third-order valence-electron chi connectivity index (χ3n) is 2.42. The highest BCUT2D eigenvalue weighted by atomic mass is 35.5. The third-order valence-corrected chi connectivity index (χ3v) is 2.75. The van der Waals surface area contributed by atoms with Crippen molar-refractivity contribution in [2.45, 2.75) is 0 Å². The van der Waals surface area contributed by atoms with E-state index in [0.717, 1.165) is 0 Å². The Morgan fingerprint density at radius 2 is 1.89 bits per heavy atom. The van der Waals surface area contributed by atoms with Gasteiger partial charge in [-0.15, -0.1) is 0 Å². The van der Waals surface area contributed by atoms with Crippen LogP contribution in [0.15, 0.2) is 42.5 Å². The van der Waals surface area contributed by atoms with Crippen LogP contribution in [0.4, 0.5) is 5.69 Å². The van der Waals surface area contributed by atoms with Crippen molar-refractivity contribution < 1.29 is 9.59 Å². The number of hydrogen-bond donors (Lipinski definition) is 2. The molecule has 1 radical (unpaired) electrons. The van der Waals surface area contributed by atoms with Gasteiger partial charge in [-0.3, -0.25) is 14.9 Å². The average Bonchev–Trinajstić information content (AvgIpc) is 2.39. The minimum atomic E-state index is -0.557. The lowest BCUT2D eigenvalue weighted by atomic mass is 10.1. The summed E-state index contributed by atoms with van der Waals surface area (Å²) in [5.74, 6) is -1.11. The van der Waals surface area contributed by atoms with Crippen LogP contribution in [0.2, 0.25) is 5.02 Å². The van der Waals surface area contributed by atoms with Crippen LogP contribution >= 0.6 is 11.6 Å². The smallest absolute Gasteiger partial charge is 0.259 e. The number of hydrogen-bond acceptors (Lipinski definition) is 3. The Hall–Kier alpha value is -2.33. The molecule has 0 saturated heterocycles. The monoisotopic (exact) mass is 273 g/mol. The summed E-state index contributed by atoms with van der Waals surface area (Å²) in [5, 5.41) is 2.53. The Morgan fingerprint density at radius 3 is 2.58 bits per heavy atom. The minimum Gasteiger partial charge on any atom is -0.399 e. The Kier molecular flexibility index (Phi) is 3.82. The van der Waals surface area contributed by atoms with Crippen molar-refractivity contribution in [1.29, 1.82) is 0 Å². The van der Waals surface area contributed by atoms with Crippen LogP contribution in [-0.2, 0) is 0 Å². The highest BCUT2D eigenvalue weighted by Gasteiger charge is 2.14. The van der Waals surface area contributed by atoms with Gasteiger partial charge in [-0.25, -0.2) is 0 Å². The molecule has 0 fully saturated rings. The fourth-order valence-electron chi connectivity index (χ4n) is 1.51. The van der Waals surface area contributed by atoms with Crippen molar-refractivity contribution in [3.05, 3.63) is 64.7 Å². The van der Waals surface area contributed by atoms with E-state index in [0.29, 0.717) is 5.69 Å². The van der Waals surface area contributed by atoms with E-state index in [9.17, 15) is 9.59 Å². The first-order chi connectivity index (χ1) is 9.08. The first kappa shape index (κ1) is 13.1. The second kappa shape index (κ2) is 5.54. The largest absolute Gasteiger partial charge is 0.399 e. The van der Waals surface area contributed by atoms with Crippen LogP contribution in [0.25, 0.3) is 0 Å². The second-order valence-electron chi connectivity index (χ2n) is 3.82. The number of halogens is 1. The summed E-state index contributed by atoms with van der Waals surface area (Å²) in [5.41, 5.74) is 6.45. The van der Waals surface area contributed by atoms with Gasteiger partial charge in [0.2, 0.25) is 0 Å². The summed E-state index contributed by atoms with van der Waals surface area (Å²) in [6.45, 7) is 0. The SMILES string of the molecule is Nc1c[c]cc(C(=O)NC(=O)c2ccccc2Cl)c1. The third kappa shape index (κ3) is 3.11. The molecule has 0 bridgehead atoms. The molecule has 0 aromatic heterocycles. The molecule has 0 aliphatic rings. The molecule has 19 heavy (non-hydrogen) atoms. The molecule has 0 aliphatic carbocycles. The Labute approximate surface area is 115 Å². The van der Waals surface area contributed by atoms with Gasteiger partial charge in [-0.1, -0.05) is 23.7 Å². The van der Waals surface area contributed by atoms with E-state index in [2.05, 4.69) is 11.4 Å². The highest BCUT2D eigenvalue weighted by molar-refractivity contribution is 6.34. The van der Waals surface area contributed by atoms with Gasteiger partial charge in [-0.05, 0) is 36.4 Å². The van der Waals surface area contributed by atoms with Crippen LogP contribution in [-0.4, -0.2) is 11.8 Å². The van der Waals surface area contributed by atoms with Crippen molar-refractivity contribution in [3.8, 4) is 0 Å². The van der Waals surface area contributed by atoms with E-state index in [1.165, 1.54) is 24.3 Å². The summed E-state index contributed by atoms with van der Waals surface area (Å²) in [7, 11) is 0. The standard InChI is InChI=1S/C14H10ClN2O2/c15-12-7-2-1-6-11(12)14(19)17-13(18)9-4-3-5-10(16)8-9/h1-2,4-8H,16H2,(H,17,18,19). The number of rotatable bonds is 2. The van der Waals surface area contributed by atoms with Crippen molar-refractivity contribution in [2.24, 2.45) is 0 Å². The molecular weight excluding hydrogens is 264 g/mol. The van der Waals surface area contributed by atoms with Crippen LogP contribution in [0, 0.1) is 6.07 Å². The average molecular weight is 274 g/mol. The predicted molar refractivity (Wildman–Crippen MR) is 72.9 cm³/mol. The summed E-state index contributed by atoms with van der Waals surface area (Å²) >= 11 is 5.88. The molecule has 0 spiro atoms. The maximum absolute atomic E-state index is 11.9. The van der Waals surface area contributed by atoms with Gasteiger partial charge in [0, 0.05) is 11.3 Å². The van der Waals surface area contributed by atoms with Crippen LogP contribution in [0.1, 0.15) is 20.7 Å². The molecule has 0 unspecified atom stereocenters. The molecule has 95 valence electrons. The van der Waals surface area contributed by atoms with Gasteiger partial charge in [0.25, 0.3) is 11.8 Å². The Bertz CT molecular complexity index is 641. The van der Waals surface area contributed by atoms with E-state index in [4.69, 9.17) is 17.3 Å². The second-order valence-corrected chi connectivity index (χ2v) is 4.23. The van der Waals surface area contributed by atoms with Gasteiger partial charge in [0.1, 0.15) is 0 Å². The highest BCUT2D eigenvalue weighted by Crippen LogP contribution is 2.15. The Morgan fingerprint density at radius 1 is 1.16 bits per heavy atom. The Balaban J connectivity index is 2.16. The topological polar surface area (TPSA) is 72.2 Å². The lowest BCUT2D eigenvalue weighted by Crippen LogP contribution is -2.30. The molecule has 4 nitrogen and oxygen atoms in total. The van der Waals surface area contributed by atoms with Gasteiger partial charge in [0.05, 0.1) is 10.6 Å². The van der Waals surface area contributed by atoms with Crippen molar-refractivity contribution in [3.63, 3.8) is 0 Å². The molecule has 2 amide bonds. The molecule has 5 heteroatoms. The van der Waals surface area contributed by atoms with Gasteiger partial charge >= 0.3 is 0 Å². The molecule has 2 aromatic carbocycles. The number of benzene rings is 2. The van der Waals surface area contributed by atoms with Gasteiger partial charge in [-0.2, -0.15) is 0 Å². The fraction of sp³-hybridized carbons (Fsp3) is 0. The van der Waals surface area contributed by atoms with Crippen LogP contribution in [0.3, 0.4) is 0 Å². The maximum atomic E-state index is 11.9. The van der Waals surface area contributed by atoms with E-state index in [1.54, 1.807) is 18.2 Å². The zero-order valence-corrected chi connectivity index (χ0v) is 10.6. The van der Waals surface area contributed by atoms with Gasteiger partial charge in [0.15, 0.2) is 0 Å². The first-order valence-electron chi connectivity index (χ1n) is 5.45. The molecule has 0 aliphatic heterocycles. The molecule has 0 saturated carbocycles. The number of nitrogens with one attached hydrogen (secondary N) is 1. The summed E-state index contributed by atoms with van der Waals surface area (Å²) in [6.07, 6.45) is 0. The number of nitrogen functional groups attached to an aromatic ring is 1. The zero-order valence-electron chi connectivity index (χ0n) is 9.81.